The molecule has 1 amide bonds. The highest BCUT2D eigenvalue weighted by molar-refractivity contribution is 6.31. The number of nitro groups is 1. The van der Waals surface area contributed by atoms with Crippen molar-refractivity contribution in [1.82, 2.24) is 0 Å². The number of carbonyl (C=O) groups excluding carboxylic acids is 1. The number of amides is 1. The molecule has 108 valence electrons. The van der Waals surface area contributed by atoms with E-state index in [9.17, 15) is 20.0 Å². The lowest BCUT2D eigenvalue weighted by Gasteiger charge is -2.08. The molecule has 0 aliphatic heterocycles. The minimum atomic E-state index is -0.633. The van der Waals surface area contributed by atoms with Crippen LogP contribution in [0.3, 0.4) is 0 Å². The molecule has 0 saturated carbocycles. The first-order valence-corrected chi connectivity index (χ1v) is 6.30. The van der Waals surface area contributed by atoms with Crippen LogP contribution >= 0.6 is 11.6 Å². The summed E-state index contributed by atoms with van der Waals surface area (Å²) in [7, 11) is 0. The van der Waals surface area contributed by atoms with Crippen LogP contribution in [-0.2, 0) is 0 Å². The van der Waals surface area contributed by atoms with Crippen LogP contribution in [-0.4, -0.2) is 15.9 Å². The van der Waals surface area contributed by atoms with Crippen molar-refractivity contribution in [3.05, 3.63) is 62.7 Å². The van der Waals surface area contributed by atoms with Gasteiger partial charge in [0.15, 0.2) is 0 Å². The first kappa shape index (κ1) is 14.8. The number of aromatic hydroxyl groups is 1. The zero-order valence-electron chi connectivity index (χ0n) is 11.0. The first-order valence-electron chi connectivity index (χ1n) is 5.93. The van der Waals surface area contributed by atoms with Crippen molar-refractivity contribution in [2.24, 2.45) is 0 Å². The summed E-state index contributed by atoms with van der Waals surface area (Å²) in [5.74, 6) is -0.846. The summed E-state index contributed by atoms with van der Waals surface area (Å²) in [6, 6.07) is 8.28. The SMILES string of the molecule is Cc1cc(Cl)cc(C(=O)Nc2ccc([N+](=O)[O-])cc2O)c1. The maximum atomic E-state index is 12.1. The number of non-ortho nitro benzene ring substituents is 1. The fraction of sp³-hybridized carbons (Fsp3) is 0.0714. The van der Waals surface area contributed by atoms with Crippen molar-refractivity contribution in [2.45, 2.75) is 6.92 Å². The Bertz CT molecular complexity index is 711. The second-order valence-corrected chi connectivity index (χ2v) is 4.87. The number of halogens is 1. The molecule has 0 bridgehead atoms. The van der Waals surface area contributed by atoms with E-state index < -0.39 is 10.8 Å². The standard InChI is InChI=1S/C14H11ClN2O4/c1-8-4-9(6-10(15)5-8)14(19)16-12-3-2-11(17(20)21)7-13(12)18/h2-7,18H,1H3,(H,16,19). The lowest BCUT2D eigenvalue weighted by Crippen LogP contribution is -2.12. The quantitative estimate of drug-likeness (QED) is 0.515. The third kappa shape index (κ3) is 3.49. The van der Waals surface area contributed by atoms with Gasteiger partial charge in [0.2, 0.25) is 0 Å². The summed E-state index contributed by atoms with van der Waals surface area (Å²) in [4.78, 5) is 22.0. The van der Waals surface area contributed by atoms with Gasteiger partial charge in [0.05, 0.1) is 16.7 Å². The van der Waals surface area contributed by atoms with Gasteiger partial charge in [0.25, 0.3) is 11.6 Å². The number of nitrogens with zero attached hydrogens (tertiary/aromatic N) is 1. The zero-order valence-corrected chi connectivity index (χ0v) is 11.7. The average Bonchev–Trinajstić information content (AvgIpc) is 2.39. The molecule has 2 aromatic carbocycles. The number of nitrogens with one attached hydrogen (secondary N) is 1. The van der Waals surface area contributed by atoms with Crippen molar-refractivity contribution < 1.29 is 14.8 Å². The van der Waals surface area contributed by atoms with Crippen molar-refractivity contribution in [3.63, 3.8) is 0 Å². The van der Waals surface area contributed by atoms with Gasteiger partial charge in [0, 0.05) is 16.7 Å². The molecular weight excluding hydrogens is 296 g/mol. The molecule has 2 rings (SSSR count). The first-order chi connectivity index (χ1) is 9.86. The van der Waals surface area contributed by atoms with Crippen molar-refractivity contribution in [1.29, 1.82) is 0 Å². The highest BCUT2D eigenvalue weighted by atomic mass is 35.5. The van der Waals surface area contributed by atoms with E-state index in [1.807, 2.05) is 0 Å². The normalized spacial score (nSPS) is 10.2. The minimum absolute atomic E-state index is 0.0863. The Morgan fingerprint density at radius 3 is 2.57 bits per heavy atom. The second-order valence-electron chi connectivity index (χ2n) is 4.43. The summed E-state index contributed by atoms with van der Waals surface area (Å²) in [5, 5.41) is 23.2. The van der Waals surface area contributed by atoms with Gasteiger partial charge >= 0.3 is 0 Å². The molecular formula is C14H11ClN2O4. The Kier molecular flexibility index (Phi) is 4.09. The molecule has 6 nitrogen and oxygen atoms in total. The number of anilines is 1. The fourth-order valence-corrected chi connectivity index (χ4v) is 2.09. The number of carbonyl (C=O) groups is 1. The molecule has 0 aromatic heterocycles. The van der Waals surface area contributed by atoms with Crippen LogP contribution in [0.5, 0.6) is 5.75 Å². The second kappa shape index (κ2) is 5.80. The summed E-state index contributed by atoms with van der Waals surface area (Å²) >= 11 is 5.88. The maximum Gasteiger partial charge on any atom is 0.273 e. The van der Waals surface area contributed by atoms with E-state index in [2.05, 4.69) is 5.32 Å². The fourth-order valence-electron chi connectivity index (χ4n) is 1.80. The highest BCUT2D eigenvalue weighted by Gasteiger charge is 2.13. The Morgan fingerprint density at radius 2 is 2.00 bits per heavy atom. The molecule has 0 heterocycles. The average molecular weight is 307 g/mol. The molecule has 0 spiro atoms. The molecule has 0 aliphatic rings. The van der Waals surface area contributed by atoms with E-state index >= 15 is 0 Å². The van der Waals surface area contributed by atoms with Crippen LogP contribution in [0.15, 0.2) is 36.4 Å². The predicted octanol–water partition coefficient (Wildman–Crippen LogP) is 3.51. The number of aryl methyl sites for hydroxylation is 1. The molecule has 7 heteroatoms. The number of nitro benzene ring substituents is 1. The van der Waals surface area contributed by atoms with E-state index in [0.717, 1.165) is 11.6 Å². The molecule has 2 aromatic rings. The van der Waals surface area contributed by atoms with E-state index in [-0.39, 0.29) is 17.1 Å². The van der Waals surface area contributed by atoms with Gasteiger partial charge in [-0.3, -0.25) is 14.9 Å². The molecule has 21 heavy (non-hydrogen) atoms. The van der Waals surface area contributed by atoms with Gasteiger partial charge in [-0.15, -0.1) is 0 Å². The van der Waals surface area contributed by atoms with Crippen LogP contribution in [0.4, 0.5) is 11.4 Å². The number of rotatable bonds is 3. The monoisotopic (exact) mass is 306 g/mol. The summed E-state index contributed by atoms with van der Waals surface area (Å²) in [6.45, 7) is 1.80. The van der Waals surface area contributed by atoms with Gasteiger partial charge in [-0.25, -0.2) is 0 Å². The Balaban J connectivity index is 2.25. The molecule has 0 saturated heterocycles. The van der Waals surface area contributed by atoms with Gasteiger partial charge in [-0.05, 0) is 36.8 Å². The number of hydrogen-bond acceptors (Lipinski definition) is 4. The zero-order chi connectivity index (χ0) is 15.6. The van der Waals surface area contributed by atoms with Gasteiger partial charge in [-0.2, -0.15) is 0 Å². The summed E-state index contributed by atoms with van der Waals surface area (Å²) in [6.07, 6.45) is 0. The van der Waals surface area contributed by atoms with Gasteiger partial charge in [-0.1, -0.05) is 11.6 Å². The number of hydrogen-bond donors (Lipinski definition) is 2. The van der Waals surface area contributed by atoms with E-state index in [4.69, 9.17) is 11.6 Å². The smallest absolute Gasteiger partial charge is 0.273 e. The number of benzene rings is 2. The van der Waals surface area contributed by atoms with Crippen LogP contribution < -0.4 is 5.32 Å². The van der Waals surface area contributed by atoms with Crippen LogP contribution in [0.1, 0.15) is 15.9 Å². The van der Waals surface area contributed by atoms with E-state index in [0.29, 0.717) is 10.6 Å². The van der Waals surface area contributed by atoms with Gasteiger partial charge < -0.3 is 10.4 Å². The van der Waals surface area contributed by atoms with Crippen LogP contribution in [0, 0.1) is 17.0 Å². The lowest BCUT2D eigenvalue weighted by atomic mass is 10.1. The van der Waals surface area contributed by atoms with Crippen LogP contribution in [0.25, 0.3) is 0 Å². The van der Waals surface area contributed by atoms with Crippen LogP contribution in [0.2, 0.25) is 5.02 Å². The molecule has 0 fully saturated rings. The maximum absolute atomic E-state index is 12.1. The third-order valence-corrected chi connectivity index (χ3v) is 2.96. The molecule has 0 radical (unpaired) electrons. The minimum Gasteiger partial charge on any atom is -0.506 e. The highest BCUT2D eigenvalue weighted by Crippen LogP contribution is 2.28. The number of phenols is 1. The molecule has 0 aliphatic carbocycles. The Hall–Kier alpha value is -2.60. The van der Waals surface area contributed by atoms with Crippen molar-refractivity contribution in [3.8, 4) is 5.75 Å². The van der Waals surface area contributed by atoms with Gasteiger partial charge in [0.1, 0.15) is 5.75 Å². The summed E-state index contributed by atoms with van der Waals surface area (Å²) < 4.78 is 0. The molecule has 0 atom stereocenters. The third-order valence-electron chi connectivity index (χ3n) is 2.74. The van der Waals surface area contributed by atoms with Crippen molar-refractivity contribution >= 4 is 28.9 Å². The van der Waals surface area contributed by atoms with E-state index in [1.165, 1.54) is 18.2 Å². The Labute approximate surface area is 125 Å². The Morgan fingerprint density at radius 1 is 1.29 bits per heavy atom. The lowest BCUT2D eigenvalue weighted by molar-refractivity contribution is -0.384. The largest absolute Gasteiger partial charge is 0.506 e. The van der Waals surface area contributed by atoms with E-state index in [1.54, 1.807) is 19.1 Å². The topological polar surface area (TPSA) is 92.5 Å². The predicted molar refractivity (Wildman–Crippen MR) is 78.9 cm³/mol. The summed E-state index contributed by atoms with van der Waals surface area (Å²) in [5.41, 5.74) is 0.977. The number of phenolic OH excluding ortho intramolecular Hbond substituents is 1. The molecule has 2 N–H and O–H groups in total. The van der Waals surface area contributed by atoms with Crippen molar-refractivity contribution in [2.75, 3.05) is 5.32 Å². The molecule has 0 unspecified atom stereocenters.